The van der Waals surface area contributed by atoms with Crippen molar-refractivity contribution in [3.05, 3.63) is 33.9 Å². The van der Waals surface area contributed by atoms with E-state index < -0.39 is 22.2 Å². The molecule has 1 aliphatic rings. The Morgan fingerprint density at radius 1 is 1.26 bits per heavy atom. The second-order valence-electron chi connectivity index (χ2n) is 4.77. The van der Waals surface area contributed by atoms with Crippen LogP contribution in [0.3, 0.4) is 0 Å². The van der Waals surface area contributed by atoms with E-state index in [0.717, 1.165) is 25.0 Å². The number of nitrogens with two attached hydrogens (primary N) is 1. The first-order valence-electron chi connectivity index (χ1n) is 6.13. The van der Waals surface area contributed by atoms with E-state index in [2.05, 4.69) is 5.32 Å². The molecule has 0 bridgehead atoms. The molecule has 19 heavy (non-hydrogen) atoms. The van der Waals surface area contributed by atoms with Crippen LogP contribution in [0.1, 0.15) is 25.7 Å². The summed E-state index contributed by atoms with van der Waals surface area (Å²) >= 11 is 0. The molecule has 1 aromatic carbocycles. The molecule has 5 nitrogen and oxygen atoms in total. The summed E-state index contributed by atoms with van der Waals surface area (Å²) in [6, 6.07) is 1.73. The number of nitrogens with one attached hydrogen (secondary N) is 1. The number of halogens is 2. The van der Waals surface area contributed by atoms with Gasteiger partial charge in [-0.25, -0.2) is 8.78 Å². The van der Waals surface area contributed by atoms with Gasteiger partial charge < -0.3 is 11.1 Å². The van der Waals surface area contributed by atoms with Crippen LogP contribution in [-0.4, -0.2) is 17.0 Å². The maximum absolute atomic E-state index is 13.7. The molecular weight excluding hydrogens is 256 g/mol. The van der Waals surface area contributed by atoms with E-state index in [-0.39, 0.29) is 17.8 Å². The van der Waals surface area contributed by atoms with Gasteiger partial charge in [-0.15, -0.1) is 0 Å². The van der Waals surface area contributed by atoms with Gasteiger partial charge in [0.15, 0.2) is 17.3 Å². The molecule has 0 heterocycles. The van der Waals surface area contributed by atoms with Crippen LogP contribution in [0.25, 0.3) is 0 Å². The Labute approximate surface area is 108 Å². The molecule has 3 N–H and O–H groups in total. The molecule has 1 aliphatic carbocycles. The zero-order valence-electron chi connectivity index (χ0n) is 10.2. The molecule has 0 radical (unpaired) electrons. The van der Waals surface area contributed by atoms with Crippen molar-refractivity contribution in [3.8, 4) is 0 Å². The quantitative estimate of drug-likeness (QED) is 0.654. The molecule has 0 amide bonds. The van der Waals surface area contributed by atoms with E-state index in [4.69, 9.17) is 5.73 Å². The molecule has 1 saturated carbocycles. The second-order valence-corrected chi connectivity index (χ2v) is 4.77. The highest BCUT2D eigenvalue weighted by Crippen LogP contribution is 2.31. The third-order valence-corrected chi connectivity index (χ3v) is 3.39. The average molecular weight is 271 g/mol. The number of hydrogen-bond donors (Lipinski definition) is 2. The third-order valence-electron chi connectivity index (χ3n) is 3.39. The number of nitro benzene ring substituents is 1. The molecule has 1 fully saturated rings. The summed E-state index contributed by atoms with van der Waals surface area (Å²) in [6.07, 6.45) is 2.91. The number of anilines is 1. The van der Waals surface area contributed by atoms with Gasteiger partial charge in [-0.1, -0.05) is 0 Å². The van der Waals surface area contributed by atoms with Crippen molar-refractivity contribution in [1.82, 2.24) is 0 Å². The van der Waals surface area contributed by atoms with Gasteiger partial charge in [-0.05, 0) is 31.7 Å². The minimum absolute atomic E-state index is 0.116. The van der Waals surface area contributed by atoms with Gasteiger partial charge >= 0.3 is 0 Å². The van der Waals surface area contributed by atoms with Gasteiger partial charge in [0, 0.05) is 18.2 Å². The van der Waals surface area contributed by atoms with Crippen molar-refractivity contribution in [2.24, 2.45) is 5.73 Å². The van der Waals surface area contributed by atoms with Crippen LogP contribution in [0.15, 0.2) is 12.1 Å². The van der Waals surface area contributed by atoms with Gasteiger partial charge in [0.05, 0.1) is 4.92 Å². The summed E-state index contributed by atoms with van der Waals surface area (Å²) in [5, 5.41) is 13.6. The van der Waals surface area contributed by atoms with Crippen LogP contribution in [0.4, 0.5) is 20.2 Å². The number of hydrogen-bond acceptors (Lipinski definition) is 4. The van der Waals surface area contributed by atoms with Crippen LogP contribution in [-0.2, 0) is 0 Å². The third kappa shape index (κ3) is 2.98. The van der Waals surface area contributed by atoms with Gasteiger partial charge in [0.25, 0.3) is 5.69 Å². The van der Waals surface area contributed by atoms with Gasteiger partial charge in [-0.3, -0.25) is 10.1 Å². The molecule has 0 atom stereocenters. The molecule has 2 rings (SSSR count). The molecule has 0 saturated heterocycles. The zero-order valence-corrected chi connectivity index (χ0v) is 10.2. The Morgan fingerprint density at radius 2 is 1.89 bits per heavy atom. The SMILES string of the molecule is NC1CCC(Nc2c([N+](=O)[O-])ccc(F)c2F)CC1. The molecule has 104 valence electrons. The van der Waals surface area contributed by atoms with E-state index in [1.807, 2.05) is 0 Å². The zero-order chi connectivity index (χ0) is 14.0. The van der Waals surface area contributed by atoms with Crippen LogP contribution in [0, 0.1) is 21.7 Å². The topological polar surface area (TPSA) is 81.2 Å². The van der Waals surface area contributed by atoms with Crippen LogP contribution >= 0.6 is 0 Å². The summed E-state index contributed by atoms with van der Waals surface area (Å²) in [6.45, 7) is 0. The number of nitrogens with zero attached hydrogens (tertiary/aromatic N) is 1. The summed E-state index contributed by atoms with van der Waals surface area (Å²) in [7, 11) is 0. The Morgan fingerprint density at radius 3 is 2.47 bits per heavy atom. The first-order chi connectivity index (χ1) is 8.99. The highest BCUT2D eigenvalue weighted by atomic mass is 19.2. The number of rotatable bonds is 3. The maximum atomic E-state index is 13.7. The predicted molar refractivity (Wildman–Crippen MR) is 66.9 cm³/mol. The predicted octanol–water partition coefficient (Wildman–Crippen LogP) is 2.55. The Balaban J connectivity index is 2.23. The van der Waals surface area contributed by atoms with Crippen LogP contribution < -0.4 is 11.1 Å². The lowest BCUT2D eigenvalue weighted by Crippen LogP contribution is -2.33. The molecule has 0 unspecified atom stereocenters. The van der Waals surface area contributed by atoms with Gasteiger partial charge in [-0.2, -0.15) is 0 Å². The van der Waals surface area contributed by atoms with Gasteiger partial charge in [0.2, 0.25) is 0 Å². The molecule has 0 spiro atoms. The first-order valence-corrected chi connectivity index (χ1v) is 6.13. The fourth-order valence-electron chi connectivity index (χ4n) is 2.30. The highest BCUT2D eigenvalue weighted by Gasteiger charge is 2.26. The van der Waals surface area contributed by atoms with Crippen molar-refractivity contribution in [1.29, 1.82) is 0 Å². The smallest absolute Gasteiger partial charge is 0.295 e. The second kappa shape index (κ2) is 5.48. The normalized spacial score (nSPS) is 23.1. The molecule has 0 aromatic heterocycles. The fraction of sp³-hybridized carbons (Fsp3) is 0.500. The Bertz CT molecular complexity index is 488. The lowest BCUT2D eigenvalue weighted by molar-refractivity contribution is -0.384. The summed E-state index contributed by atoms with van der Waals surface area (Å²) in [5.74, 6) is -2.30. The summed E-state index contributed by atoms with van der Waals surface area (Å²) in [5.41, 5.74) is 4.93. The fourth-order valence-corrected chi connectivity index (χ4v) is 2.30. The molecule has 0 aliphatic heterocycles. The minimum Gasteiger partial charge on any atom is -0.374 e. The van der Waals surface area contributed by atoms with E-state index in [1.54, 1.807) is 0 Å². The monoisotopic (exact) mass is 271 g/mol. The minimum atomic E-state index is -1.20. The maximum Gasteiger partial charge on any atom is 0.295 e. The van der Waals surface area contributed by atoms with Crippen LogP contribution in [0.2, 0.25) is 0 Å². The van der Waals surface area contributed by atoms with Crippen molar-refractivity contribution in [3.63, 3.8) is 0 Å². The van der Waals surface area contributed by atoms with Crippen molar-refractivity contribution in [2.45, 2.75) is 37.8 Å². The number of benzene rings is 1. The number of nitro groups is 1. The Kier molecular flexibility index (Phi) is 3.94. The lowest BCUT2D eigenvalue weighted by atomic mass is 9.91. The molecule has 1 aromatic rings. The molecular formula is C12H15F2N3O2. The highest BCUT2D eigenvalue weighted by molar-refractivity contribution is 5.63. The van der Waals surface area contributed by atoms with Crippen molar-refractivity contribution in [2.75, 3.05) is 5.32 Å². The van der Waals surface area contributed by atoms with Gasteiger partial charge in [0.1, 0.15) is 0 Å². The van der Waals surface area contributed by atoms with Crippen molar-refractivity contribution >= 4 is 11.4 Å². The van der Waals surface area contributed by atoms with E-state index >= 15 is 0 Å². The summed E-state index contributed by atoms with van der Waals surface area (Å²) in [4.78, 5) is 10.1. The average Bonchev–Trinajstić information content (AvgIpc) is 2.37. The summed E-state index contributed by atoms with van der Waals surface area (Å²) < 4.78 is 26.9. The van der Waals surface area contributed by atoms with Crippen molar-refractivity contribution < 1.29 is 13.7 Å². The van der Waals surface area contributed by atoms with E-state index in [0.29, 0.717) is 12.8 Å². The standard InChI is InChI=1S/C12H15F2N3O2/c13-9-5-6-10(17(18)19)12(11(9)14)16-8-3-1-7(15)2-4-8/h5-8,16H,1-4,15H2. The molecule has 7 heteroatoms. The largest absolute Gasteiger partial charge is 0.374 e. The lowest BCUT2D eigenvalue weighted by Gasteiger charge is -2.27. The first kappa shape index (κ1) is 13.7. The van der Waals surface area contributed by atoms with Crippen LogP contribution in [0.5, 0.6) is 0 Å². The van der Waals surface area contributed by atoms with E-state index in [1.165, 1.54) is 0 Å². The Hall–Kier alpha value is -1.76. The van der Waals surface area contributed by atoms with E-state index in [9.17, 15) is 18.9 Å².